The van der Waals surface area contributed by atoms with Gasteiger partial charge in [0.05, 0.1) is 0 Å². The molecule has 5 heteroatoms. The van der Waals surface area contributed by atoms with Crippen molar-refractivity contribution in [2.45, 2.75) is 18.8 Å². The highest BCUT2D eigenvalue weighted by molar-refractivity contribution is 6.17. The minimum atomic E-state index is -0.688. The van der Waals surface area contributed by atoms with Crippen molar-refractivity contribution in [3.05, 3.63) is 35.4 Å². The normalized spacial score (nSPS) is 11.9. The molecule has 86 valence electrons. The highest BCUT2D eigenvalue weighted by atomic mass is 35.5. The van der Waals surface area contributed by atoms with Crippen LogP contribution in [0.25, 0.3) is 0 Å². The van der Waals surface area contributed by atoms with E-state index in [9.17, 15) is 9.59 Å². The first-order valence-electron chi connectivity index (χ1n) is 4.79. The molecule has 0 bridgehead atoms. The van der Waals surface area contributed by atoms with Crippen LogP contribution in [0.4, 0.5) is 0 Å². The third-order valence-electron chi connectivity index (χ3n) is 2.12. The summed E-state index contributed by atoms with van der Waals surface area (Å²) in [7, 11) is 0. The van der Waals surface area contributed by atoms with Gasteiger partial charge in [-0.2, -0.15) is 0 Å². The van der Waals surface area contributed by atoms with Gasteiger partial charge in [0, 0.05) is 11.4 Å². The number of alkyl halides is 1. The monoisotopic (exact) mass is 240 g/mol. The third-order valence-corrected chi connectivity index (χ3v) is 2.43. The maximum atomic E-state index is 11.7. The third kappa shape index (κ3) is 3.24. The summed E-state index contributed by atoms with van der Waals surface area (Å²) in [6.07, 6.45) is 0. The molecule has 0 radical (unpaired) electrons. The van der Waals surface area contributed by atoms with Crippen LogP contribution in [0.2, 0.25) is 0 Å². The summed E-state index contributed by atoms with van der Waals surface area (Å²) in [5.74, 6) is -0.563. The SMILES string of the molecule is CC(NC(=O)c1cccc(CCl)c1)C(N)=O. The molecule has 0 saturated carbocycles. The molecule has 1 rings (SSSR count). The van der Waals surface area contributed by atoms with Crippen molar-refractivity contribution in [2.75, 3.05) is 0 Å². The Morgan fingerprint density at radius 1 is 1.50 bits per heavy atom. The quantitative estimate of drug-likeness (QED) is 0.772. The summed E-state index contributed by atoms with van der Waals surface area (Å²) in [6, 6.07) is 6.20. The number of rotatable bonds is 4. The van der Waals surface area contributed by atoms with Crippen LogP contribution in [-0.2, 0) is 10.7 Å². The van der Waals surface area contributed by atoms with Crippen LogP contribution in [0.3, 0.4) is 0 Å². The topological polar surface area (TPSA) is 72.2 Å². The van der Waals surface area contributed by atoms with E-state index in [4.69, 9.17) is 17.3 Å². The van der Waals surface area contributed by atoms with E-state index in [2.05, 4.69) is 5.32 Å². The number of hydrogen-bond acceptors (Lipinski definition) is 2. The molecule has 0 fully saturated rings. The highest BCUT2D eigenvalue weighted by Crippen LogP contribution is 2.07. The number of carbonyl (C=O) groups is 2. The van der Waals surface area contributed by atoms with E-state index >= 15 is 0 Å². The van der Waals surface area contributed by atoms with Crippen molar-refractivity contribution in [2.24, 2.45) is 5.73 Å². The Morgan fingerprint density at radius 3 is 2.75 bits per heavy atom. The van der Waals surface area contributed by atoms with Gasteiger partial charge < -0.3 is 11.1 Å². The number of hydrogen-bond donors (Lipinski definition) is 2. The summed E-state index contributed by atoms with van der Waals surface area (Å²) in [4.78, 5) is 22.4. The van der Waals surface area contributed by atoms with Crippen LogP contribution in [-0.4, -0.2) is 17.9 Å². The van der Waals surface area contributed by atoms with Crippen molar-refractivity contribution in [1.82, 2.24) is 5.32 Å². The van der Waals surface area contributed by atoms with Crippen LogP contribution in [0.15, 0.2) is 24.3 Å². The molecule has 1 atom stereocenters. The Kier molecular flexibility index (Phi) is 4.31. The van der Waals surface area contributed by atoms with E-state index in [0.29, 0.717) is 11.4 Å². The Balaban J connectivity index is 2.76. The fourth-order valence-corrected chi connectivity index (χ4v) is 1.31. The molecule has 0 aliphatic heterocycles. The van der Waals surface area contributed by atoms with Crippen LogP contribution >= 0.6 is 11.6 Å². The Hall–Kier alpha value is -1.55. The molecule has 3 N–H and O–H groups in total. The lowest BCUT2D eigenvalue weighted by Gasteiger charge is -2.10. The van der Waals surface area contributed by atoms with E-state index in [1.165, 1.54) is 6.92 Å². The standard InChI is InChI=1S/C11H13ClN2O2/c1-7(10(13)15)14-11(16)9-4-2-3-8(5-9)6-12/h2-5,7H,6H2,1H3,(H2,13,15)(H,14,16). The fourth-order valence-electron chi connectivity index (χ4n) is 1.15. The molecule has 0 saturated heterocycles. The molecular formula is C11H13ClN2O2. The maximum Gasteiger partial charge on any atom is 0.251 e. The summed E-state index contributed by atoms with van der Waals surface area (Å²) in [6.45, 7) is 1.53. The minimum absolute atomic E-state index is 0.335. The first-order valence-corrected chi connectivity index (χ1v) is 5.33. The molecule has 4 nitrogen and oxygen atoms in total. The Labute approximate surface area is 98.8 Å². The number of amides is 2. The largest absolute Gasteiger partial charge is 0.368 e. The van der Waals surface area contributed by atoms with Gasteiger partial charge >= 0.3 is 0 Å². The van der Waals surface area contributed by atoms with Crippen LogP contribution in [0.1, 0.15) is 22.8 Å². The van der Waals surface area contributed by atoms with Gasteiger partial charge in [0.2, 0.25) is 5.91 Å². The molecule has 0 aromatic heterocycles. The number of nitrogens with one attached hydrogen (secondary N) is 1. The molecule has 2 amide bonds. The van der Waals surface area contributed by atoms with Gasteiger partial charge in [-0.15, -0.1) is 11.6 Å². The van der Waals surface area contributed by atoms with Gasteiger partial charge in [-0.25, -0.2) is 0 Å². The van der Waals surface area contributed by atoms with E-state index in [-0.39, 0.29) is 5.91 Å². The predicted octanol–water partition coefficient (Wildman–Crippen LogP) is 1.03. The van der Waals surface area contributed by atoms with Crippen molar-refractivity contribution < 1.29 is 9.59 Å². The molecule has 0 spiro atoms. The zero-order valence-corrected chi connectivity index (χ0v) is 9.62. The van der Waals surface area contributed by atoms with Crippen molar-refractivity contribution >= 4 is 23.4 Å². The van der Waals surface area contributed by atoms with E-state index < -0.39 is 11.9 Å². The van der Waals surface area contributed by atoms with Crippen LogP contribution in [0, 0.1) is 0 Å². The molecular weight excluding hydrogens is 228 g/mol. The molecule has 1 unspecified atom stereocenters. The van der Waals surface area contributed by atoms with E-state index in [0.717, 1.165) is 5.56 Å². The number of carbonyl (C=O) groups excluding carboxylic acids is 2. The van der Waals surface area contributed by atoms with E-state index in [1.807, 2.05) is 6.07 Å². The summed E-state index contributed by atoms with van der Waals surface area (Å²) in [5, 5.41) is 2.49. The average molecular weight is 241 g/mol. The summed E-state index contributed by atoms with van der Waals surface area (Å²) < 4.78 is 0. The number of halogens is 1. The lowest BCUT2D eigenvalue weighted by atomic mass is 10.1. The second kappa shape index (κ2) is 5.51. The molecule has 16 heavy (non-hydrogen) atoms. The predicted molar refractivity (Wildman–Crippen MR) is 62.1 cm³/mol. The number of primary amides is 1. The Bertz CT molecular complexity index is 407. The van der Waals surface area contributed by atoms with Gasteiger partial charge in [0.25, 0.3) is 5.91 Å². The highest BCUT2D eigenvalue weighted by Gasteiger charge is 2.13. The maximum absolute atomic E-state index is 11.7. The van der Waals surface area contributed by atoms with Crippen LogP contribution in [0.5, 0.6) is 0 Å². The second-order valence-corrected chi connectivity index (χ2v) is 3.70. The second-order valence-electron chi connectivity index (χ2n) is 3.43. The molecule has 0 aliphatic carbocycles. The minimum Gasteiger partial charge on any atom is -0.368 e. The van der Waals surface area contributed by atoms with Crippen LogP contribution < -0.4 is 11.1 Å². The van der Waals surface area contributed by atoms with Gasteiger partial charge in [-0.05, 0) is 24.6 Å². The average Bonchev–Trinajstić information content (AvgIpc) is 2.28. The summed E-state index contributed by atoms with van der Waals surface area (Å²) in [5.41, 5.74) is 6.36. The molecule has 1 aromatic carbocycles. The van der Waals surface area contributed by atoms with Crippen molar-refractivity contribution in [3.63, 3.8) is 0 Å². The lowest BCUT2D eigenvalue weighted by Crippen LogP contribution is -2.42. The van der Waals surface area contributed by atoms with Crippen molar-refractivity contribution in [3.8, 4) is 0 Å². The zero-order valence-electron chi connectivity index (χ0n) is 8.87. The van der Waals surface area contributed by atoms with Gasteiger partial charge in [0.15, 0.2) is 0 Å². The number of nitrogens with two attached hydrogens (primary N) is 1. The first kappa shape index (κ1) is 12.5. The first-order chi connectivity index (χ1) is 7.54. The Morgan fingerprint density at radius 2 is 2.19 bits per heavy atom. The zero-order chi connectivity index (χ0) is 12.1. The number of benzene rings is 1. The summed E-state index contributed by atoms with van der Waals surface area (Å²) >= 11 is 5.65. The lowest BCUT2D eigenvalue weighted by molar-refractivity contribution is -0.119. The van der Waals surface area contributed by atoms with Gasteiger partial charge in [-0.1, -0.05) is 12.1 Å². The molecule has 0 heterocycles. The fraction of sp³-hybridized carbons (Fsp3) is 0.273. The smallest absolute Gasteiger partial charge is 0.251 e. The molecule has 0 aliphatic rings. The van der Waals surface area contributed by atoms with Gasteiger partial charge in [0.1, 0.15) is 6.04 Å². The van der Waals surface area contributed by atoms with Crippen molar-refractivity contribution in [1.29, 1.82) is 0 Å². The molecule has 1 aromatic rings. The van der Waals surface area contributed by atoms with E-state index in [1.54, 1.807) is 18.2 Å². The van der Waals surface area contributed by atoms with Gasteiger partial charge in [-0.3, -0.25) is 9.59 Å².